The summed E-state index contributed by atoms with van der Waals surface area (Å²) in [5.41, 5.74) is 1.01. The first kappa shape index (κ1) is 23.6. The number of benzene rings is 1. The maximum atomic E-state index is 10.7. The van der Waals surface area contributed by atoms with Gasteiger partial charge < -0.3 is 20.1 Å². The molecule has 0 spiro atoms. The number of ether oxygens (including phenoxy) is 2. The Kier molecular flexibility index (Phi) is 11.9. The van der Waals surface area contributed by atoms with Gasteiger partial charge in [-0.2, -0.15) is 0 Å². The molecule has 1 fully saturated rings. The van der Waals surface area contributed by atoms with Crippen LogP contribution in [0.25, 0.3) is 0 Å². The molecule has 8 nitrogen and oxygen atoms in total. The average molecular weight is 492 g/mol. The highest BCUT2D eigenvalue weighted by molar-refractivity contribution is 14.0. The van der Waals surface area contributed by atoms with Crippen LogP contribution in [0.15, 0.2) is 29.3 Å². The van der Waals surface area contributed by atoms with Gasteiger partial charge in [0.1, 0.15) is 0 Å². The van der Waals surface area contributed by atoms with Crippen molar-refractivity contribution in [2.24, 2.45) is 4.99 Å². The summed E-state index contributed by atoms with van der Waals surface area (Å²) < 4.78 is 11.2. The van der Waals surface area contributed by atoms with Crippen molar-refractivity contribution in [3.05, 3.63) is 39.9 Å². The third-order valence-electron chi connectivity index (χ3n) is 4.00. The Labute approximate surface area is 177 Å². The van der Waals surface area contributed by atoms with Crippen LogP contribution in [0.3, 0.4) is 0 Å². The first-order valence-corrected chi connectivity index (χ1v) is 9.14. The molecule has 27 heavy (non-hydrogen) atoms. The van der Waals surface area contributed by atoms with Crippen LogP contribution < -0.4 is 10.6 Å². The normalized spacial score (nSPS) is 16.6. The second kappa shape index (κ2) is 13.7. The zero-order valence-electron chi connectivity index (χ0n) is 15.7. The molecule has 2 N–H and O–H groups in total. The molecule has 1 atom stereocenters. The van der Waals surface area contributed by atoms with Gasteiger partial charge in [-0.25, -0.2) is 4.99 Å². The summed E-state index contributed by atoms with van der Waals surface area (Å²) in [7, 11) is 0. The van der Waals surface area contributed by atoms with Crippen LogP contribution in [0, 0.1) is 10.1 Å². The van der Waals surface area contributed by atoms with E-state index in [1.807, 2.05) is 6.92 Å². The number of rotatable bonds is 10. The molecule has 0 aliphatic carbocycles. The zero-order chi connectivity index (χ0) is 18.6. The number of hydrogen-bond donors (Lipinski definition) is 2. The van der Waals surface area contributed by atoms with E-state index in [2.05, 4.69) is 15.6 Å². The van der Waals surface area contributed by atoms with Gasteiger partial charge in [0.25, 0.3) is 5.69 Å². The average Bonchev–Trinajstić information content (AvgIpc) is 3.16. The van der Waals surface area contributed by atoms with E-state index in [1.54, 1.807) is 12.1 Å². The van der Waals surface area contributed by atoms with Crippen molar-refractivity contribution < 1.29 is 14.4 Å². The lowest BCUT2D eigenvalue weighted by Crippen LogP contribution is -2.38. The Morgan fingerprint density at radius 2 is 2.15 bits per heavy atom. The number of nitrogens with one attached hydrogen (secondary N) is 2. The summed E-state index contributed by atoms with van der Waals surface area (Å²) in [6.45, 7) is 6.21. The van der Waals surface area contributed by atoms with E-state index in [1.165, 1.54) is 12.1 Å². The second-order valence-corrected chi connectivity index (χ2v) is 6.11. The second-order valence-electron chi connectivity index (χ2n) is 6.11. The molecule has 1 aromatic rings. The molecular weight excluding hydrogens is 463 g/mol. The largest absolute Gasteiger partial charge is 0.379 e. The van der Waals surface area contributed by atoms with E-state index in [4.69, 9.17) is 9.47 Å². The topological polar surface area (TPSA) is 98.0 Å². The summed E-state index contributed by atoms with van der Waals surface area (Å²) in [6, 6.07) is 6.45. The highest BCUT2D eigenvalue weighted by Crippen LogP contribution is 2.13. The van der Waals surface area contributed by atoms with Gasteiger partial charge in [0.2, 0.25) is 0 Å². The molecule has 0 radical (unpaired) electrons. The monoisotopic (exact) mass is 492 g/mol. The van der Waals surface area contributed by atoms with Crippen molar-refractivity contribution in [1.29, 1.82) is 0 Å². The number of nitro benzene ring substituents is 1. The Balaban J connectivity index is 0.00000364. The SMILES string of the molecule is CCNC(=NCc1ccc([N+](=O)[O-])cc1)NCCCOCC1CCCO1.I. The number of aliphatic imine (C=N–C) groups is 1. The van der Waals surface area contributed by atoms with Crippen LogP contribution in [0.2, 0.25) is 0 Å². The maximum absolute atomic E-state index is 10.7. The van der Waals surface area contributed by atoms with Crippen molar-refractivity contribution in [2.75, 3.05) is 32.9 Å². The molecule has 152 valence electrons. The Morgan fingerprint density at radius 1 is 1.37 bits per heavy atom. The zero-order valence-corrected chi connectivity index (χ0v) is 18.0. The van der Waals surface area contributed by atoms with Gasteiger partial charge in [-0.15, -0.1) is 24.0 Å². The molecule has 1 heterocycles. The molecule has 1 unspecified atom stereocenters. The van der Waals surface area contributed by atoms with Gasteiger partial charge >= 0.3 is 0 Å². The van der Waals surface area contributed by atoms with E-state index >= 15 is 0 Å². The molecule has 9 heteroatoms. The number of halogens is 1. The highest BCUT2D eigenvalue weighted by Gasteiger charge is 2.14. The van der Waals surface area contributed by atoms with Crippen molar-refractivity contribution in [3.63, 3.8) is 0 Å². The van der Waals surface area contributed by atoms with Crippen LogP contribution >= 0.6 is 24.0 Å². The molecule has 0 saturated carbocycles. The van der Waals surface area contributed by atoms with Gasteiger partial charge in [-0.05, 0) is 31.7 Å². The van der Waals surface area contributed by atoms with E-state index in [-0.39, 0.29) is 35.8 Å². The minimum Gasteiger partial charge on any atom is -0.379 e. The van der Waals surface area contributed by atoms with Gasteiger partial charge in [0.15, 0.2) is 5.96 Å². The standard InChI is InChI=1S/C18H28N4O4.HI/c1-2-19-18(20-10-4-11-25-14-17-5-3-12-26-17)21-13-15-6-8-16(9-7-15)22(23)24;/h6-9,17H,2-5,10-14H2,1H3,(H2,19,20,21);1H. The van der Waals surface area contributed by atoms with Crippen LogP contribution in [-0.2, 0) is 16.0 Å². The minimum atomic E-state index is -0.403. The smallest absolute Gasteiger partial charge is 0.269 e. The van der Waals surface area contributed by atoms with Crippen LogP contribution in [0.1, 0.15) is 31.7 Å². The summed E-state index contributed by atoms with van der Waals surface area (Å²) in [6.07, 6.45) is 3.38. The Bertz CT molecular complexity index is 577. The van der Waals surface area contributed by atoms with Gasteiger partial charge in [0.05, 0.1) is 24.2 Å². The predicted octanol–water partition coefficient (Wildman–Crippen LogP) is 2.85. The fourth-order valence-electron chi connectivity index (χ4n) is 2.61. The summed E-state index contributed by atoms with van der Waals surface area (Å²) in [5.74, 6) is 0.727. The third-order valence-corrected chi connectivity index (χ3v) is 4.00. The molecule has 1 aliphatic rings. The molecular formula is C18H29IN4O4. The lowest BCUT2D eigenvalue weighted by atomic mass is 10.2. The number of guanidine groups is 1. The van der Waals surface area contributed by atoms with Crippen LogP contribution in [0.4, 0.5) is 5.69 Å². The summed E-state index contributed by atoms with van der Waals surface area (Å²) in [4.78, 5) is 14.8. The fraction of sp³-hybridized carbons (Fsp3) is 0.611. The first-order chi connectivity index (χ1) is 12.7. The van der Waals surface area contributed by atoms with E-state index in [0.717, 1.165) is 50.5 Å². The molecule has 0 amide bonds. The quantitative estimate of drug-likeness (QED) is 0.130. The Hall–Kier alpha value is -1.46. The van der Waals surface area contributed by atoms with E-state index < -0.39 is 4.92 Å². The lowest BCUT2D eigenvalue weighted by Gasteiger charge is -2.12. The van der Waals surface area contributed by atoms with Crippen molar-refractivity contribution >= 4 is 35.6 Å². The Morgan fingerprint density at radius 3 is 2.78 bits per heavy atom. The predicted molar refractivity (Wildman–Crippen MR) is 116 cm³/mol. The number of nitro groups is 1. The lowest BCUT2D eigenvalue weighted by molar-refractivity contribution is -0.384. The van der Waals surface area contributed by atoms with Gasteiger partial charge in [-0.1, -0.05) is 12.1 Å². The van der Waals surface area contributed by atoms with Gasteiger partial charge in [-0.3, -0.25) is 10.1 Å². The summed E-state index contributed by atoms with van der Waals surface area (Å²) >= 11 is 0. The number of nitrogens with zero attached hydrogens (tertiary/aromatic N) is 2. The third kappa shape index (κ3) is 9.34. The van der Waals surface area contributed by atoms with Crippen molar-refractivity contribution in [1.82, 2.24) is 10.6 Å². The van der Waals surface area contributed by atoms with Crippen LogP contribution in [-0.4, -0.2) is 49.9 Å². The summed E-state index contributed by atoms with van der Waals surface area (Å²) in [5, 5.41) is 17.1. The van der Waals surface area contributed by atoms with Crippen molar-refractivity contribution in [2.45, 2.75) is 38.8 Å². The molecule has 1 saturated heterocycles. The number of hydrogen-bond acceptors (Lipinski definition) is 5. The van der Waals surface area contributed by atoms with Crippen molar-refractivity contribution in [3.8, 4) is 0 Å². The highest BCUT2D eigenvalue weighted by atomic mass is 127. The molecule has 1 aliphatic heterocycles. The van der Waals surface area contributed by atoms with E-state index in [9.17, 15) is 10.1 Å². The van der Waals surface area contributed by atoms with Crippen LogP contribution in [0.5, 0.6) is 0 Å². The molecule has 1 aromatic carbocycles. The van der Waals surface area contributed by atoms with Gasteiger partial charge in [0, 0.05) is 38.4 Å². The first-order valence-electron chi connectivity index (χ1n) is 9.14. The molecule has 0 bridgehead atoms. The maximum Gasteiger partial charge on any atom is 0.269 e. The molecule has 2 rings (SSSR count). The number of non-ortho nitro benzene ring substituents is 1. The fourth-order valence-corrected chi connectivity index (χ4v) is 2.61. The van der Waals surface area contributed by atoms with E-state index in [0.29, 0.717) is 19.8 Å². The molecule has 0 aromatic heterocycles. The minimum absolute atomic E-state index is 0.